The number of aromatic nitrogens is 2. The SMILES string of the molecule is Cc1cc(NC(=O)N2CCCC(C)(F)C2)nn1C1CCCCC1. The molecule has 0 aromatic carbocycles. The Morgan fingerprint density at radius 3 is 2.78 bits per heavy atom. The van der Waals surface area contributed by atoms with Crippen LogP contribution in [0.3, 0.4) is 0 Å². The Hall–Kier alpha value is -1.59. The second-order valence-corrected chi connectivity index (χ2v) is 7.28. The topological polar surface area (TPSA) is 50.2 Å². The highest BCUT2D eigenvalue weighted by atomic mass is 19.1. The van der Waals surface area contributed by atoms with Crippen LogP contribution in [0.5, 0.6) is 0 Å². The minimum atomic E-state index is -1.28. The molecule has 1 aliphatic heterocycles. The summed E-state index contributed by atoms with van der Waals surface area (Å²) in [5.74, 6) is 0.573. The van der Waals surface area contributed by atoms with Gasteiger partial charge in [-0.2, -0.15) is 5.10 Å². The summed E-state index contributed by atoms with van der Waals surface area (Å²) in [7, 11) is 0. The van der Waals surface area contributed by atoms with E-state index in [0.717, 1.165) is 18.5 Å². The first kappa shape index (κ1) is 16.3. The summed E-state index contributed by atoms with van der Waals surface area (Å²) in [5, 5.41) is 7.41. The molecule has 0 radical (unpaired) electrons. The predicted molar refractivity (Wildman–Crippen MR) is 88.4 cm³/mol. The average Bonchev–Trinajstić information content (AvgIpc) is 2.87. The van der Waals surface area contributed by atoms with Crippen LogP contribution < -0.4 is 5.32 Å². The van der Waals surface area contributed by atoms with Crippen molar-refractivity contribution < 1.29 is 9.18 Å². The third kappa shape index (κ3) is 3.85. The molecule has 0 spiro atoms. The molecule has 1 saturated heterocycles. The second kappa shape index (κ2) is 6.49. The van der Waals surface area contributed by atoms with E-state index in [2.05, 4.69) is 10.4 Å². The molecular weight excluding hydrogens is 295 g/mol. The van der Waals surface area contributed by atoms with Gasteiger partial charge in [0.1, 0.15) is 5.67 Å². The predicted octanol–water partition coefficient (Wildman–Crippen LogP) is 4.05. The van der Waals surface area contributed by atoms with Crippen molar-refractivity contribution in [3.63, 3.8) is 0 Å². The molecule has 5 nitrogen and oxygen atoms in total. The van der Waals surface area contributed by atoms with Crippen LogP contribution >= 0.6 is 0 Å². The number of nitrogens with zero attached hydrogens (tertiary/aromatic N) is 3. The van der Waals surface area contributed by atoms with Crippen LogP contribution in [0.15, 0.2) is 6.07 Å². The van der Waals surface area contributed by atoms with E-state index in [1.54, 1.807) is 11.8 Å². The Labute approximate surface area is 137 Å². The molecule has 1 unspecified atom stereocenters. The Morgan fingerprint density at radius 2 is 2.09 bits per heavy atom. The van der Waals surface area contributed by atoms with Gasteiger partial charge in [0, 0.05) is 18.3 Å². The fourth-order valence-electron chi connectivity index (χ4n) is 3.80. The molecule has 2 amide bonds. The van der Waals surface area contributed by atoms with Crippen LogP contribution in [0.1, 0.15) is 63.6 Å². The third-order valence-corrected chi connectivity index (χ3v) is 5.01. The largest absolute Gasteiger partial charge is 0.323 e. The summed E-state index contributed by atoms with van der Waals surface area (Å²) in [6.45, 7) is 4.35. The highest BCUT2D eigenvalue weighted by molar-refractivity contribution is 5.88. The lowest BCUT2D eigenvalue weighted by molar-refractivity contribution is 0.0807. The maximum absolute atomic E-state index is 14.1. The number of amides is 2. The summed E-state index contributed by atoms with van der Waals surface area (Å²) in [6, 6.07) is 2.10. The average molecular weight is 322 g/mol. The van der Waals surface area contributed by atoms with Crippen molar-refractivity contribution in [1.29, 1.82) is 0 Å². The van der Waals surface area contributed by atoms with Gasteiger partial charge in [0.15, 0.2) is 5.82 Å². The number of halogens is 1. The van der Waals surface area contributed by atoms with Crippen LogP contribution in [0.25, 0.3) is 0 Å². The number of piperidine rings is 1. The van der Waals surface area contributed by atoms with E-state index in [1.165, 1.54) is 19.3 Å². The van der Waals surface area contributed by atoms with Crippen molar-refractivity contribution in [3.8, 4) is 0 Å². The number of rotatable bonds is 2. The van der Waals surface area contributed by atoms with Gasteiger partial charge in [0.05, 0.1) is 12.6 Å². The van der Waals surface area contributed by atoms with E-state index in [0.29, 0.717) is 31.2 Å². The highest BCUT2D eigenvalue weighted by Gasteiger charge is 2.33. The smallest absolute Gasteiger partial charge is 0.321 e. The van der Waals surface area contributed by atoms with Gasteiger partial charge >= 0.3 is 6.03 Å². The Kier molecular flexibility index (Phi) is 4.60. The van der Waals surface area contributed by atoms with Crippen LogP contribution in [-0.4, -0.2) is 39.5 Å². The minimum absolute atomic E-state index is 0.154. The maximum Gasteiger partial charge on any atom is 0.323 e. The normalized spacial score (nSPS) is 26.3. The lowest BCUT2D eigenvalue weighted by Crippen LogP contribution is -2.48. The lowest BCUT2D eigenvalue weighted by atomic mass is 9.95. The van der Waals surface area contributed by atoms with Gasteiger partial charge in [-0.05, 0) is 39.5 Å². The second-order valence-electron chi connectivity index (χ2n) is 7.28. The van der Waals surface area contributed by atoms with Crippen molar-refractivity contribution in [2.75, 3.05) is 18.4 Å². The number of carbonyl (C=O) groups is 1. The zero-order chi connectivity index (χ0) is 16.4. The molecule has 3 rings (SSSR count). The number of carbonyl (C=O) groups excluding carboxylic acids is 1. The fraction of sp³-hybridized carbons (Fsp3) is 0.765. The number of likely N-dealkylation sites (tertiary alicyclic amines) is 1. The van der Waals surface area contributed by atoms with E-state index >= 15 is 0 Å². The van der Waals surface area contributed by atoms with Crippen molar-refractivity contribution >= 4 is 11.8 Å². The molecule has 2 aliphatic rings. The first-order chi connectivity index (χ1) is 10.9. The molecule has 0 bridgehead atoms. The van der Waals surface area contributed by atoms with Crippen LogP contribution in [0.2, 0.25) is 0 Å². The molecule has 1 saturated carbocycles. The number of alkyl halides is 1. The minimum Gasteiger partial charge on any atom is -0.321 e. The van der Waals surface area contributed by atoms with Crippen LogP contribution in [-0.2, 0) is 0 Å². The standard InChI is InChI=1S/C17H27FN4O/c1-13-11-15(20-22(13)14-7-4-3-5-8-14)19-16(23)21-10-6-9-17(2,18)12-21/h11,14H,3-10,12H2,1-2H3,(H,19,20,23). The van der Waals surface area contributed by atoms with Crippen molar-refractivity contribution in [2.24, 2.45) is 0 Å². The number of aryl methyl sites for hydroxylation is 1. The van der Waals surface area contributed by atoms with Gasteiger partial charge in [-0.25, -0.2) is 9.18 Å². The van der Waals surface area contributed by atoms with Crippen LogP contribution in [0.4, 0.5) is 15.0 Å². The van der Waals surface area contributed by atoms with Crippen molar-refractivity contribution in [2.45, 2.75) is 70.5 Å². The van der Waals surface area contributed by atoms with E-state index < -0.39 is 5.67 Å². The molecule has 2 fully saturated rings. The molecule has 6 heteroatoms. The quantitative estimate of drug-likeness (QED) is 0.893. The summed E-state index contributed by atoms with van der Waals surface area (Å²) < 4.78 is 16.1. The highest BCUT2D eigenvalue weighted by Crippen LogP contribution is 2.30. The molecule has 1 aliphatic carbocycles. The van der Waals surface area contributed by atoms with E-state index in [4.69, 9.17) is 0 Å². The van der Waals surface area contributed by atoms with Gasteiger partial charge in [-0.15, -0.1) is 0 Å². The number of hydrogen-bond donors (Lipinski definition) is 1. The lowest BCUT2D eigenvalue weighted by Gasteiger charge is -2.34. The summed E-state index contributed by atoms with van der Waals surface area (Å²) in [5.41, 5.74) is -0.214. The number of hydrogen-bond acceptors (Lipinski definition) is 2. The monoisotopic (exact) mass is 322 g/mol. The van der Waals surface area contributed by atoms with Gasteiger partial charge in [0.25, 0.3) is 0 Å². The first-order valence-electron chi connectivity index (χ1n) is 8.76. The fourth-order valence-corrected chi connectivity index (χ4v) is 3.80. The molecular formula is C17H27FN4O. The molecule has 23 heavy (non-hydrogen) atoms. The van der Waals surface area contributed by atoms with E-state index in [1.807, 2.05) is 17.7 Å². The summed E-state index contributed by atoms with van der Waals surface area (Å²) in [6.07, 6.45) is 7.33. The Bertz CT molecular complexity index is 563. The molecule has 1 N–H and O–H groups in total. The Balaban J connectivity index is 1.64. The van der Waals surface area contributed by atoms with Gasteiger partial charge in [0.2, 0.25) is 0 Å². The number of anilines is 1. The van der Waals surface area contributed by atoms with Crippen molar-refractivity contribution in [3.05, 3.63) is 11.8 Å². The molecule has 128 valence electrons. The van der Waals surface area contributed by atoms with E-state index in [-0.39, 0.29) is 12.6 Å². The summed E-state index contributed by atoms with van der Waals surface area (Å²) in [4.78, 5) is 13.9. The van der Waals surface area contributed by atoms with E-state index in [9.17, 15) is 9.18 Å². The van der Waals surface area contributed by atoms with Gasteiger partial charge < -0.3 is 4.90 Å². The third-order valence-electron chi connectivity index (χ3n) is 5.01. The van der Waals surface area contributed by atoms with Gasteiger partial charge in [-0.3, -0.25) is 10.00 Å². The number of urea groups is 1. The molecule has 1 aromatic heterocycles. The maximum atomic E-state index is 14.1. The van der Waals surface area contributed by atoms with Gasteiger partial charge in [-0.1, -0.05) is 19.3 Å². The Morgan fingerprint density at radius 1 is 1.35 bits per heavy atom. The van der Waals surface area contributed by atoms with Crippen molar-refractivity contribution in [1.82, 2.24) is 14.7 Å². The number of nitrogens with one attached hydrogen (secondary N) is 1. The molecule has 1 aromatic rings. The summed E-state index contributed by atoms with van der Waals surface area (Å²) >= 11 is 0. The zero-order valence-corrected chi connectivity index (χ0v) is 14.1. The van der Waals surface area contributed by atoms with Crippen LogP contribution in [0, 0.1) is 6.92 Å². The molecule has 1 atom stereocenters. The zero-order valence-electron chi connectivity index (χ0n) is 14.1. The molecule has 2 heterocycles. The first-order valence-corrected chi connectivity index (χ1v) is 8.76.